The van der Waals surface area contributed by atoms with Gasteiger partial charge in [0, 0.05) is 31.6 Å². The Balaban J connectivity index is 1.97. The maximum absolute atomic E-state index is 6.80. The molecule has 2 aliphatic heterocycles. The maximum Gasteiger partial charge on any atom is 0.153 e. The fraction of sp³-hybridized carbons (Fsp3) is 0.688. The number of imidazole rings is 1. The van der Waals surface area contributed by atoms with E-state index in [2.05, 4.69) is 23.7 Å². The molecule has 0 aromatic carbocycles. The van der Waals surface area contributed by atoms with Gasteiger partial charge in [-0.15, -0.1) is 0 Å². The first-order valence-electron chi connectivity index (χ1n) is 8.18. The molecule has 0 amide bonds. The van der Waals surface area contributed by atoms with Crippen LogP contribution < -0.4 is 5.84 Å². The molecule has 6 nitrogen and oxygen atoms in total. The molecule has 3 heterocycles. The van der Waals surface area contributed by atoms with Crippen molar-refractivity contribution in [2.75, 3.05) is 25.7 Å². The Morgan fingerprint density at radius 3 is 2.70 bits per heavy atom. The van der Waals surface area contributed by atoms with Gasteiger partial charge in [-0.3, -0.25) is 0 Å². The average molecular weight is 341 g/mol. The third-order valence-electron chi connectivity index (χ3n) is 4.79. The Labute approximate surface area is 142 Å². The first-order chi connectivity index (χ1) is 11.1. The quantitative estimate of drug-likeness (QED) is 0.518. The van der Waals surface area contributed by atoms with Gasteiger partial charge in [0.1, 0.15) is 17.8 Å². The zero-order valence-corrected chi connectivity index (χ0v) is 14.8. The lowest BCUT2D eigenvalue weighted by Crippen LogP contribution is -2.41. The second kappa shape index (κ2) is 6.71. The van der Waals surface area contributed by atoms with Crippen LogP contribution in [-0.4, -0.2) is 40.4 Å². The van der Waals surface area contributed by atoms with Crippen LogP contribution in [-0.2, 0) is 16.1 Å². The third kappa shape index (κ3) is 2.84. The van der Waals surface area contributed by atoms with Gasteiger partial charge in [-0.25, -0.2) is 9.66 Å². The van der Waals surface area contributed by atoms with Crippen LogP contribution in [0.4, 0.5) is 0 Å². The molecule has 2 aliphatic rings. The van der Waals surface area contributed by atoms with Crippen molar-refractivity contribution in [1.29, 1.82) is 0 Å². The number of hydrogen-bond donors (Lipinski definition) is 1. The van der Waals surface area contributed by atoms with E-state index < -0.39 is 0 Å². The second-order valence-corrected chi connectivity index (χ2v) is 6.48. The number of nitrogen functional groups attached to an aromatic ring is 1. The van der Waals surface area contributed by atoms with E-state index in [9.17, 15) is 0 Å². The van der Waals surface area contributed by atoms with E-state index in [0.29, 0.717) is 25.1 Å². The van der Waals surface area contributed by atoms with Crippen LogP contribution in [0.1, 0.15) is 56.3 Å². The van der Waals surface area contributed by atoms with Gasteiger partial charge in [-0.2, -0.15) is 0 Å². The predicted molar refractivity (Wildman–Crippen MR) is 90.2 cm³/mol. The number of nitrogens with zero attached hydrogens (tertiary/aromatic N) is 3. The summed E-state index contributed by atoms with van der Waals surface area (Å²) in [6.45, 7) is 8.74. The van der Waals surface area contributed by atoms with E-state index in [4.69, 9.17) is 26.9 Å². The van der Waals surface area contributed by atoms with Crippen LogP contribution in [0.2, 0.25) is 0 Å². The van der Waals surface area contributed by atoms with Crippen LogP contribution in [0.5, 0.6) is 0 Å². The summed E-state index contributed by atoms with van der Waals surface area (Å²) in [7, 11) is 0. The second-order valence-electron chi connectivity index (χ2n) is 6.07. The Hall–Kier alpha value is -1.24. The van der Waals surface area contributed by atoms with Crippen molar-refractivity contribution >= 4 is 17.2 Å². The molecule has 1 aromatic rings. The lowest BCUT2D eigenvalue weighted by Gasteiger charge is -2.42. The molecule has 1 fully saturated rings. The van der Waals surface area contributed by atoms with E-state index in [1.54, 1.807) is 4.68 Å². The summed E-state index contributed by atoms with van der Waals surface area (Å²) < 4.78 is 12.6. The van der Waals surface area contributed by atoms with Crippen molar-refractivity contribution in [2.45, 2.75) is 51.8 Å². The highest BCUT2D eigenvalue weighted by Gasteiger charge is 2.37. The number of allylic oxidation sites excluding steroid dienone is 2. The zero-order valence-electron chi connectivity index (χ0n) is 14.0. The molecule has 0 radical (unpaired) electrons. The summed E-state index contributed by atoms with van der Waals surface area (Å²) in [6, 6.07) is 0.382. The normalized spacial score (nSPS) is 22.6. The fourth-order valence-corrected chi connectivity index (χ4v) is 3.88. The van der Waals surface area contributed by atoms with Gasteiger partial charge in [-0.05, 0) is 39.2 Å². The number of hydrogen-bond acceptors (Lipinski definition) is 5. The van der Waals surface area contributed by atoms with Crippen LogP contribution >= 0.6 is 11.6 Å². The number of ether oxygens (including phenoxy) is 2. The summed E-state index contributed by atoms with van der Waals surface area (Å²) in [5.41, 5.74) is 3.74. The summed E-state index contributed by atoms with van der Waals surface area (Å²) in [4.78, 5) is 6.95. The summed E-state index contributed by atoms with van der Waals surface area (Å²) in [5.74, 6) is 6.96. The molecule has 128 valence electrons. The molecular weight excluding hydrogens is 316 g/mol. The smallest absolute Gasteiger partial charge is 0.153 e. The van der Waals surface area contributed by atoms with Gasteiger partial charge < -0.3 is 20.2 Å². The van der Waals surface area contributed by atoms with Gasteiger partial charge in [0.25, 0.3) is 0 Å². The maximum atomic E-state index is 6.80. The van der Waals surface area contributed by atoms with Crippen molar-refractivity contribution in [2.24, 2.45) is 0 Å². The molecule has 3 rings (SSSR count). The highest BCUT2D eigenvalue weighted by Crippen LogP contribution is 2.43. The topological polar surface area (TPSA) is 65.5 Å². The van der Waals surface area contributed by atoms with Gasteiger partial charge >= 0.3 is 0 Å². The van der Waals surface area contributed by atoms with Crippen molar-refractivity contribution in [3.05, 3.63) is 22.9 Å². The van der Waals surface area contributed by atoms with Crippen molar-refractivity contribution in [3.63, 3.8) is 0 Å². The van der Waals surface area contributed by atoms with E-state index in [1.165, 1.54) is 5.70 Å². The summed E-state index contributed by atoms with van der Waals surface area (Å²) in [6.07, 6.45) is 1.97. The lowest BCUT2D eigenvalue weighted by molar-refractivity contribution is 0.0406. The standard InChI is InChI=1S/C16H25ClN4O2/c1-4-22-9-13-19-14-15(21(13)18)10(2)11(3)20(16(14)17)12-5-7-23-8-6-12/h12,16H,4-9,18H2,1-3H3. The first kappa shape index (κ1) is 16.6. The number of halogens is 1. The zero-order chi connectivity index (χ0) is 16.6. The van der Waals surface area contributed by atoms with Crippen LogP contribution in [0.25, 0.3) is 5.57 Å². The van der Waals surface area contributed by atoms with Gasteiger partial charge in [-0.1, -0.05) is 11.6 Å². The summed E-state index contributed by atoms with van der Waals surface area (Å²) >= 11 is 6.80. The molecule has 1 atom stereocenters. The monoisotopic (exact) mass is 340 g/mol. The number of rotatable bonds is 4. The minimum Gasteiger partial charge on any atom is -0.381 e. The van der Waals surface area contributed by atoms with Gasteiger partial charge in [0.2, 0.25) is 0 Å². The SMILES string of the molecule is CCOCc1nc2c(n1N)C(C)=C(C)N(C1CCOCC1)C2Cl. The minimum absolute atomic E-state index is 0.304. The third-order valence-corrected chi connectivity index (χ3v) is 5.20. The van der Waals surface area contributed by atoms with Gasteiger partial charge in [0.15, 0.2) is 5.82 Å². The molecule has 1 saturated heterocycles. The Morgan fingerprint density at radius 1 is 1.35 bits per heavy atom. The molecule has 7 heteroatoms. The molecule has 2 N–H and O–H groups in total. The molecule has 0 bridgehead atoms. The largest absolute Gasteiger partial charge is 0.381 e. The van der Waals surface area contributed by atoms with E-state index in [1.807, 2.05) is 6.92 Å². The Bertz CT molecular complexity index is 607. The molecule has 23 heavy (non-hydrogen) atoms. The number of nitrogens with two attached hydrogens (primary N) is 1. The molecule has 0 spiro atoms. The van der Waals surface area contributed by atoms with Crippen molar-refractivity contribution in [3.8, 4) is 0 Å². The van der Waals surface area contributed by atoms with E-state index in [-0.39, 0.29) is 5.50 Å². The molecule has 0 aliphatic carbocycles. The highest BCUT2D eigenvalue weighted by atomic mass is 35.5. The fourth-order valence-electron chi connectivity index (χ4n) is 3.42. The summed E-state index contributed by atoms with van der Waals surface area (Å²) in [5, 5.41) is 0. The van der Waals surface area contributed by atoms with E-state index in [0.717, 1.165) is 43.0 Å². The van der Waals surface area contributed by atoms with Crippen molar-refractivity contribution in [1.82, 2.24) is 14.6 Å². The predicted octanol–water partition coefficient (Wildman–Crippen LogP) is 2.62. The number of fused-ring (bicyclic) bond motifs is 1. The molecular formula is C16H25ClN4O2. The highest BCUT2D eigenvalue weighted by molar-refractivity contribution is 6.21. The van der Waals surface area contributed by atoms with Crippen LogP contribution in [0.3, 0.4) is 0 Å². The molecule has 1 unspecified atom stereocenters. The molecule has 1 aromatic heterocycles. The van der Waals surface area contributed by atoms with Crippen LogP contribution in [0, 0.1) is 0 Å². The minimum atomic E-state index is -0.304. The number of alkyl halides is 1. The molecule has 0 saturated carbocycles. The van der Waals surface area contributed by atoms with Crippen molar-refractivity contribution < 1.29 is 9.47 Å². The lowest BCUT2D eigenvalue weighted by atomic mass is 9.99. The van der Waals surface area contributed by atoms with Crippen LogP contribution in [0.15, 0.2) is 5.70 Å². The Morgan fingerprint density at radius 2 is 2.04 bits per heavy atom. The average Bonchev–Trinajstić information content (AvgIpc) is 2.89. The van der Waals surface area contributed by atoms with E-state index >= 15 is 0 Å². The van der Waals surface area contributed by atoms with Gasteiger partial charge in [0.05, 0.1) is 5.69 Å². The first-order valence-corrected chi connectivity index (χ1v) is 8.62. The Kier molecular flexibility index (Phi) is 4.85. The number of aromatic nitrogens is 2.